The summed E-state index contributed by atoms with van der Waals surface area (Å²) >= 11 is 0. The Bertz CT molecular complexity index is 1540. The fraction of sp³-hybridized carbons (Fsp3) is 0.438. The molecule has 2 heterocycles. The molecule has 2 aromatic heterocycles. The zero-order valence-corrected chi connectivity index (χ0v) is 23.6. The second kappa shape index (κ2) is 8.61. The molecule has 0 saturated carbocycles. The van der Waals surface area contributed by atoms with Gasteiger partial charge in [-0.25, -0.2) is 0 Å². The molecule has 0 saturated heterocycles. The quantitative estimate of drug-likeness (QED) is 0.240. The predicted octanol–water partition coefficient (Wildman–Crippen LogP) is 7.80. The van der Waals surface area contributed by atoms with Gasteiger partial charge in [0, 0.05) is 12.0 Å². The number of benzene rings is 3. The van der Waals surface area contributed by atoms with Crippen LogP contribution in [-0.4, -0.2) is 24.3 Å². The molecule has 5 heteroatoms. The number of unbranched alkanes of at least 4 members (excludes halogenated alkanes) is 1. The minimum absolute atomic E-state index is 0.0379. The van der Waals surface area contributed by atoms with Crippen molar-refractivity contribution in [1.29, 1.82) is 0 Å². The molecular formula is C32H41N3O2. The summed E-state index contributed by atoms with van der Waals surface area (Å²) in [4.78, 5) is 2.04. The van der Waals surface area contributed by atoms with Gasteiger partial charge in [-0.3, -0.25) is 0 Å². The Morgan fingerprint density at radius 1 is 0.811 bits per heavy atom. The van der Waals surface area contributed by atoms with Gasteiger partial charge in [-0.2, -0.15) is 0 Å². The van der Waals surface area contributed by atoms with Gasteiger partial charge in [0.25, 0.3) is 0 Å². The largest absolute Gasteiger partial charge is 0.507 e. The lowest BCUT2D eigenvalue weighted by Gasteiger charge is -2.28. The Morgan fingerprint density at radius 3 is 1.97 bits per heavy atom. The number of para-hydroxylation sites is 2. The molecule has 196 valence electrons. The number of phenolic OH excluding ortho intramolecular Hbond substituents is 2. The van der Waals surface area contributed by atoms with Crippen LogP contribution in [0.5, 0.6) is 11.5 Å². The van der Waals surface area contributed by atoms with Gasteiger partial charge in [-0.15, -0.1) is 14.1 Å². The third-order valence-electron chi connectivity index (χ3n) is 8.09. The number of hydrogen-bond acceptors (Lipinski definition) is 2. The van der Waals surface area contributed by atoms with Crippen LogP contribution in [-0.2, 0) is 17.3 Å². The fourth-order valence-electron chi connectivity index (χ4n) is 6.17. The first kappa shape index (κ1) is 25.3. The molecule has 5 rings (SSSR count). The van der Waals surface area contributed by atoms with Crippen molar-refractivity contribution in [3.63, 3.8) is 0 Å². The number of rotatable bonds is 7. The first-order valence-corrected chi connectivity index (χ1v) is 13.5. The lowest BCUT2D eigenvalue weighted by atomic mass is 9.78. The van der Waals surface area contributed by atoms with Crippen LogP contribution in [0.3, 0.4) is 0 Å². The van der Waals surface area contributed by atoms with Crippen LogP contribution in [0.25, 0.3) is 16.7 Å². The minimum Gasteiger partial charge on any atom is -0.507 e. The number of nitrogens with zero attached hydrogens (tertiary/aromatic N) is 3. The van der Waals surface area contributed by atoms with Crippen molar-refractivity contribution in [2.24, 2.45) is 0 Å². The van der Waals surface area contributed by atoms with Crippen LogP contribution >= 0.6 is 0 Å². The Kier molecular flexibility index (Phi) is 5.89. The van der Waals surface area contributed by atoms with E-state index in [1.54, 1.807) is 0 Å². The number of aromatic nitrogens is 3. The van der Waals surface area contributed by atoms with Crippen molar-refractivity contribution in [3.8, 4) is 17.2 Å². The summed E-state index contributed by atoms with van der Waals surface area (Å²) in [5.74, 6) is 0.601. The molecule has 5 nitrogen and oxygen atoms in total. The van der Waals surface area contributed by atoms with Crippen molar-refractivity contribution < 1.29 is 10.2 Å². The van der Waals surface area contributed by atoms with E-state index in [9.17, 15) is 10.2 Å². The SMILES string of the molecule is CCCCC(C)(C)c1cc(Cc2cc(C)c(C(C)(C)C)c(C)c2O)c(O)c(-n2n3c4ccccc4n23)c1. The number of hydrogen-bond donors (Lipinski definition) is 2. The van der Waals surface area contributed by atoms with E-state index in [0.717, 1.165) is 52.7 Å². The highest BCUT2D eigenvalue weighted by Crippen LogP contribution is 2.41. The van der Waals surface area contributed by atoms with Gasteiger partial charge in [0.2, 0.25) is 0 Å². The van der Waals surface area contributed by atoms with Crippen LogP contribution in [0.4, 0.5) is 0 Å². The summed E-state index contributed by atoms with van der Waals surface area (Å²) in [7, 11) is 0. The molecule has 0 radical (unpaired) electrons. The van der Waals surface area contributed by atoms with Crippen molar-refractivity contribution in [2.45, 2.75) is 91.9 Å². The maximum absolute atomic E-state index is 11.6. The lowest BCUT2D eigenvalue weighted by molar-refractivity contribution is 0.446. The first-order chi connectivity index (χ1) is 17.4. The van der Waals surface area contributed by atoms with Crippen LogP contribution in [0.1, 0.15) is 94.2 Å². The van der Waals surface area contributed by atoms with E-state index in [1.807, 2.05) is 23.9 Å². The van der Waals surface area contributed by atoms with Gasteiger partial charge >= 0.3 is 0 Å². The maximum Gasteiger partial charge on any atom is 0.146 e. The summed E-state index contributed by atoms with van der Waals surface area (Å²) in [6, 6.07) is 14.7. The van der Waals surface area contributed by atoms with Crippen LogP contribution in [0, 0.1) is 13.8 Å². The number of fused-ring (bicyclic) bond motifs is 4. The molecule has 5 aromatic rings. The normalized spacial score (nSPS) is 13.0. The third-order valence-corrected chi connectivity index (χ3v) is 8.09. The molecule has 0 aliphatic carbocycles. The van der Waals surface area contributed by atoms with Crippen molar-refractivity contribution >= 4 is 11.0 Å². The third kappa shape index (κ3) is 4.09. The Morgan fingerprint density at radius 2 is 1.41 bits per heavy atom. The lowest BCUT2D eigenvalue weighted by Crippen LogP contribution is -2.18. The zero-order chi connectivity index (χ0) is 26.9. The Hall–Kier alpha value is -3.34. The first-order valence-electron chi connectivity index (χ1n) is 13.5. The van der Waals surface area contributed by atoms with Crippen LogP contribution in [0.15, 0.2) is 42.5 Å². The van der Waals surface area contributed by atoms with Gasteiger partial charge in [-0.05, 0) is 77.1 Å². The van der Waals surface area contributed by atoms with Gasteiger partial charge in [-0.1, -0.05) is 78.6 Å². The second-order valence-electron chi connectivity index (χ2n) is 12.5. The maximum atomic E-state index is 11.6. The van der Waals surface area contributed by atoms with Crippen molar-refractivity contribution in [3.05, 3.63) is 75.8 Å². The van der Waals surface area contributed by atoms with Gasteiger partial charge in [0.05, 0.1) is 0 Å². The monoisotopic (exact) mass is 499 g/mol. The number of aryl methyl sites for hydroxylation is 1. The summed E-state index contributed by atoms with van der Waals surface area (Å²) in [6.45, 7) is 17.5. The molecule has 0 bridgehead atoms. The van der Waals surface area contributed by atoms with E-state index < -0.39 is 0 Å². The molecule has 0 aliphatic rings. The summed E-state index contributed by atoms with van der Waals surface area (Å²) in [6.07, 6.45) is 3.84. The van der Waals surface area contributed by atoms with Crippen molar-refractivity contribution in [2.75, 3.05) is 0 Å². The molecule has 3 aromatic carbocycles. The average molecular weight is 500 g/mol. The van der Waals surface area contributed by atoms with E-state index in [-0.39, 0.29) is 16.6 Å². The summed E-state index contributed by atoms with van der Waals surface area (Å²) in [5, 5.41) is 22.9. The topological polar surface area (TPSA) is 54.2 Å². The fourth-order valence-corrected chi connectivity index (χ4v) is 6.17. The standard InChI is InChI=1S/C32H41N3O2/c1-9-10-15-32(7,8)24-18-23(17-22-16-20(2)28(31(4,5)6)21(3)29(22)36)30(37)27(19-24)35-33-25-13-11-12-14-26(25)34(33)35/h11-14,16,18-19,36-37H,9-10,15,17H2,1-8H3. The Labute approximate surface area is 220 Å². The Balaban J connectivity index is 1.65. The van der Waals surface area contributed by atoms with E-state index in [0.29, 0.717) is 12.2 Å². The number of phenols is 2. The number of aromatic hydroxyl groups is 2. The summed E-state index contributed by atoms with van der Waals surface area (Å²) < 4.78 is 4.17. The predicted molar refractivity (Wildman–Crippen MR) is 152 cm³/mol. The minimum atomic E-state index is -0.0564. The smallest absolute Gasteiger partial charge is 0.146 e. The average Bonchev–Trinajstić information content (AvgIpc) is 3.48. The van der Waals surface area contributed by atoms with Crippen LogP contribution in [0.2, 0.25) is 0 Å². The molecule has 0 atom stereocenters. The van der Waals surface area contributed by atoms with E-state index in [4.69, 9.17) is 0 Å². The highest BCUT2D eigenvalue weighted by atomic mass is 16.3. The second-order valence-corrected chi connectivity index (χ2v) is 12.5. The highest BCUT2D eigenvalue weighted by Gasteiger charge is 2.30. The summed E-state index contributed by atoms with van der Waals surface area (Å²) in [5.41, 5.74) is 9.16. The molecule has 0 aliphatic heterocycles. The van der Waals surface area contributed by atoms with E-state index in [2.05, 4.69) is 88.1 Å². The van der Waals surface area contributed by atoms with Crippen molar-refractivity contribution in [1.82, 2.24) is 14.1 Å². The molecule has 0 unspecified atom stereocenters. The molecular weight excluding hydrogens is 458 g/mol. The molecule has 2 N–H and O–H groups in total. The van der Waals surface area contributed by atoms with Gasteiger partial charge in [0.15, 0.2) is 0 Å². The van der Waals surface area contributed by atoms with Gasteiger partial charge < -0.3 is 10.2 Å². The van der Waals surface area contributed by atoms with Crippen LogP contribution < -0.4 is 0 Å². The highest BCUT2D eigenvalue weighted by molar-refractivity contribution is 5.79. The molecule has 0 amide bonds. The van der Waals surface area contributed by atoms with Gasteiger partial charge in [0.1, 0.15) is 28.2 Å². The molecule has 0 fully saturated rings. The molecule has 37 heavy (non-hydrogen) atoms. The zero-order valence-electron chi connectivity index (χ0n) is 23.6. The molecule has 0 spiro atoms. The van der Waals surface area contributed by atoms with E-state index >= 15 is 0 Å². The van der Waals surface area contributed by atoms with E-state index in [1.165, 1.54) is 16.7 Å².